The largest absolute Gasteiger partial charge is 0.487 e. The minimum Gasteiger partial charge on any atom is -0.487 e. The number of aliphatic carboxylic acids is 1. The SMILES string of the molecule is Cl.N=c1c[n+](CCCCC(=O)O)[n-]o1. The lowest BCUT2D eigenvalue weighted by Gasteiger charge is -1.95. The molecule has 0 spiro atoms. The standard InChI is InChI=1S/C7H11N3O3.ClH/c8-6-5-10(9-13-6)4-2-1-3-7(11)12;/h5,8H,1-4H2,(H,11,12);1H. The Balaban J connectivity index is 0.00000169. The molecule has 1 heterocycles. The summed E-state index contributed by atoms with van der Waals surface area (Å²) in [5, 5.41) is 18.9. The minimum atomic E-state index is -0.786. The van der Waals surface area contributed by atoms with Crippen molar-refractivity contribution in [2.75, 3.05) is 0 Å². The van der Waals surface area contributed by atoms with Crippen LogP contribution in [0.4, 0.5) is 0 Å². The van der Waals surface area contributed by atoms with Crippen LogP contribution in [-0.2, 0) is 11.3 Å². The number of carboxylic acids is 1. The van der Waals surface area contributed by atoms with E-state index in [1.807, 2.05) is 0 Å². The van der Waals surface area contributed by atoms with Crippen molar-refractivity contribution in [1.29, 1.82) is 5.41 Å². The fourth-order valence-electron chi connectivity index (χ4n) is 0.934. The lowest BCUT2D eigenvalue weighted by Crippen LogP contribution is -2.37. The van der Waals surface area contributed by atoms with Crippen molar-refractivity contribution in [2.24, 2.45) is 0 Å². The van der Waals surface area contributed by atoms with E-state index in [0.717, 1.165) is 6.42 Å². The van der Waals surface area contributed by atoms with Crippen molar-refractivity contribution in [3.05, 3.63) is 11.8 Å². The molecule has 0 aliphatic rings. The Bertz CT molecular complexity index is 333. The van der Waals surface area contributed by atoms with Crippen molar-refractivity contribution in [3.63, 3.8) is 0 Å². The third kappa shape index (κ3) is 4.66. The van der Waals surface area contributed by atoms with E-state index >= 15 is 0 Å². The van der Waals surface area contributed by atoms with E-state index in [2.05, 4.69) is 9.79 Å². The summed E-state index contributed by atoms with van der Waals surface area (Å²) in [4.78, 5) is 10.1. The van der Waals surface area contributed by atoms with Gasteiger partial charge in [0, 0.05) is 12.8 Å². The molecule has 14 heavy (non-hydrogen) atoms. The molecule has 1 aromatic rings. The maximum atomic E-state index is 10.1. The fraction of sp³-hybridized carbons (Fsp3) is 0.571. The number of nitrogens with one attached hydrogen (secondary N) is 1. The van der Waals surface area contributed by atoms with Crippen LogP contribution in [0.15, 0.2) is 10.7 Å². The van der Waals surface area contributed by atoms with Crippen molar-refractivity contribution in [1.82, 2.24) is 5.27 Å². The van der Waals surface area contributed by atoms with Gasteiger partial charge in [0.1, 0.15) is 6.54 Å². The second kappa shape index (κ2) is 6.20. The number of hydrogen-bond acceptors (Lipinski definition) is 3. The van der Waals surface area contributed by atoms with Crippen LogP contribution in [-0.4, -0.2) is 11.1 Å². The molecular weight excluding hydrogens is 210 g/mol. The van der Waals surface area contributed by atoms with E-state index in [1.54, 1.807) is 0 Å². The number of nitrogens with zero attached hydrogens (tertiary/aromatic N) is 2. The monoisotopic (exact) mass is 221 g/mol. The van der Waals surface area contributed by atoms with Crippen LogP contribution < -0.4 is 15.5 Å². The summed E-state index contributed by atoms with van der Waals surface area (Å²) < 4.78 is 6.00. The Hall–Kier alpha value is -1.30. The molecule has 0 saturated carbocycles. The molecule has 0 aliphatic heterocycles. The molecule has 1 aromatic heterocycles. The minimum absolute atomic E-state index is 0. The zero-order chi connectivity index (χ0) is 9.68. The number of halogens is 1. The molecule has 0 aromatic carbocycles. The first-order valence-electron chi connectivity index (χ1n) is 3.98. The van der Waals surface area contributed by atoms with Gasteiger partial charge in [0.2, 0.25) is 6.20 Å². The molecule has 0 fully saturated rings. The van der Waals surface area contributed by atoms with Crippen LogP contribution >= 0.6 is 12.4 Å². The number of carboxylic acid groups (broad SMARTS) is 1. The average Bonchev–Trinajstić information content (AvgIpc) is 2.45. The number of carbonyl (C=O) groups is 1. The first-order chi connectivity index (χ1) is 6.18. The number of unbranched alkanes of at least 4 members (excludes halogenated alkanes) is 1. The summed E-state index contributed by atoms with van der Waals surface area (Å²) in [7, 11) is 0. The first-order valence-corrected chi connectivity index (χ1v) is 3.98. The Morgan fingerprint density at radius 1 is 1.64 bits per heavy atom. The van der Waals surface area contributed by atoms with E-state index in [0.29, 0.717) is 13.0 Å². The number of hydrogen-bond donors (Lipinski definition) is 2. The van der Waals surface area contributed by atoms with Crippen molar-refractivity contribution in [2.45, 2.75) is 25.8 Å². The fourth-order valence-corrected chi connectivity index (χ4v) is 0.934. The second-order valence-corrected chi connectivity index (χ2v) is 2.68. The van der Waals surface area contributed by atoms with Gasteiger partial charge in [-0.05, 0) is 6.42 Å². The van der Waals surface area contributed by atoms with Crippen LogP contribution in [0.25, 0.3) is 0 Å². The van der Waals surface area contributed by atoms with E-state index < -0.39 is 5.97 Å². The molecule has 7 heteroatoms. The van der Waals surface area contributed by atoms with Gasteiger partial charge < -0.3 is 9.63 Å². The number of aryl methyl sites for hydroxylation is 1. The summed E-state index contributed by atoms with van der Waals surface area (Å²) in [6.45, 7) is 0.593. The topological polar surface area (TPSA) is 92.3 Å². The highest BCUT2D eigenvalue weighted by Gasteiger charge is 1.99. The molecule has 0 aliphatic carbocycles. The van der Waals surface area contributed by atoms with Crippen LogP contribution in [0.5, 0.6) is 0 Å². The number of rotatable bonds is 5. The molecule has 1 rings (SSSR count). The van der Waals surface area contributed by atoms with Gasteiger partial charge in [0.05, 0.1) is 0 Å². The summed E-state index contributed by atoms with van der Waals surface area (Å²) in [5.74, 6) is -0.786. The highest BCUT2D eigenvalue weighted by molar-refractivity contribution is 5.85. The lowest BCUT2D eigenvalue weighted by molar-refractivity contribution is -0.767. The predicted molar refractivity (Wildman–Crippen MR) is 46.8 cm³/mol. The third-order valence-electron chi connectivity index (χ3n) is 1.54. The zero-order valence-electron chi connectivity index (χ0n) is 7.47. The Morgan fingerprint density at radius 2 is 2.36 bits per heavy atom. The van der Waals surface area contributed by atoms with Crippen molar-refractivity contribution in [3.8, 4) is 0 Å². The van der Waals surface area contributed by atoms with Gasteiger partial charge >= 0.3 is 5.97 Å². The summed E-state index contributed by atoms with van der Waals surface area (Å²) >= 11 is 0. The Labute approximate surface area is 86.4 Å². The zero-order valence-corrected chi connectivity index (χ0v) is 8.29. The lowest BCUT2D eigenvalue weighted by atomic mass is 10.2. The summed E-state index contributed by atoms with van der Waals surface area (Å²) in [6, 6.07) is 0. The van der Waals surface area contributed by atoms with E-state index in [-0.39, 0.29) is 24.4 Å². The molecule has 0 bridgehead atoms. The van der Waals surface area contributed by atoms with Gasteiger partial charge in [-0.3, -0.25) is 15.5 Å². The second-order valence-electron chi connectivity index (χ2n) is 2.68. The molecule has 0 saturated heterocycles. The first kappa shape index (κ1) is 12.7. The highest BCUT2D eigenvalue weighted by atomic mass is 35.5. The third-order valence-corrected chi connectivity index (χ3v) is 1.54. The molecule has 0 atom stereocenters. The average molecular weight is 222 g/mol. The molecule has 0 radical (unpaired) electrons. The van der Waals surface area contributed by atoms with Crippen molar-refractivity contribution < 1.29 is 19.1 Å². The quantitative estimate of drug-likeness (QED) is 0.527. The van der Waals surface area contributed by atoms with Gasteiger partial charge in [-0.1, -0.05) is 0 Å². The predicted octanol–water partition coefficient (Wildman–Crippen LogP) is -0.320. The molecule has 0 amide bonds. The van der Waals surface area contributed by atoms with Gasteiger partial charge in [0.25, 0.3) is 5.55 Å². The summed E-state index contributed by atoms with van der Waals surface area (Å²) in [6.07, 6.45) is 2.97. The Kier molecular flexibility index (Phi) is 5.62. The Morgan fingerprint density at radius 3 is 2.86 bits per heavy atom. The van der Waals surface area contributed by atoms with Crippen LogP contribution in [0.3, 0.4) is 0 Å². The smallest absolute Gasteiger partial charge is 0.303 e. The van der Waals surface area contributed by atoms with Gasteiger partial charge in [-0.15, -0.1) is 12.4 Å². The number of aromatic nitrogens is 2. The normalized spacial score (nSPS) is 9.43. The molecular formula is C7H12ClN3O3. The molecule has 0 unspecified atom stereocenters. The molecule has 6 nitrogen and oxygen atoms in total. The van der Waals surface area contributed by atoms with E-state index in [9.17, 15) is 4.79 Å². The van der Waals surface area contributed by atoms with Crippen LogP contribution in [0.2, 0.25) is 0 Å². The van der Waals surface area contributed by atoms with Gasteiger partial charge in [-0.25, -0.2) is 4.68 Å². The van der Waals surface area contributed by atoms with Gasteiger partial charge in [0.15, 0.2) is 0 Å². The maximum absolute atomic E-state index is 10.1. The maximum Gasteiger partial charge on any atom is 0.303 e. The molecule has 2 N–H and O–H groups in total. The van der Waals surface area contributed by atoms with E-state index in [1.165, 1.54) is 10.9 Å². The van der Waals surface area contributed by atoms with Crippen LogP contribution in [0, 0.1) is 5.41 Å². The highest BCUT2D eigenvalue weighted by Crippen LogP contribution is 1.93. The van der Waals surface area contributed by atoms with Crippen LogP contribution in [0.1, 0.15) is 19.3 Å². The van der Waals surface area contributed by atoms with E-state index in [4.69, 9.17) is 10.5 Å². The molecule has 80 valence electrons. The summed E-state index contributed by atoms with van der Waals surface area (Å²) in [5.41, 5.74) is 0.0123. The van der Waals surface area contributed by atoms with Crippen molar-refractivity contribution >= 4 is 18.4 Å². The van der Waals surface area contributed by atoms with Gasteiger partial charge in [-0.2, -0.15) is 0 Å².